The third-order valence-corrected chi connectivity index (χ3v) is 8.07. The Labute approximate surface area is 243 Å². The van der Waals surface area contributed by atoms with Crippen LogP contribution < -0.4 is 9.62 Å². The fourth-order valence-electron chi connectivity index (χ4n) is 4.51. The largest absolute Gasteiger partial charge is 0.354 e. The van der Waals surface area contributed by atoms with E-state index in [-0.39, 0.29) is 30.4 Å². The van der Waals surface area contributed by atoms with Gasteiger partial charge in [0, 0.05) is 25.1 Å². The van der Waals surface area contributed by atoms with Gasteiger partial charge >= 0.3 is 0 Å². The predicted molar refractivity (Wildman–Crippen MR) is 162 cm³/mol. The molecule has 0 saturated carbocycles. The standard InChI is InChI=1S/C32H40FN3O4S/c1-5-6-20-34-32(38)30(21-25-12-8-7-9-13-25)35(22-27-14-10-11-15-29(27)33)31(37)23-36(41(4,39)40)28-18-16-26(17-19-28)24(2)3/h7-19,24,30H,5-6,20-23H2,1-4H3,(H,34,38)/t30-/m1/s1. The second-order valence-electron chi connectivity index (χ2n) is 10.5. The molecule has 0 bridgehead atoms. The summed E-state index contributed by atoms with van der Waals surface area (Å²) in [5.74, 6) is -1.25. The van der Waals surface area contributed by atoms with Crippen LogP contribution in [0.5, 0.6) is 0 Å². The molecule has 0 aromatic heterocycles. The molecule has 0 aliphatic carbocycles. The zero-order valence-corrected chi connectivity index (χ0v) is 25.0. The maximum Gasteiger partial charge on any atom is 0.244 e. The van der Waals surface area contributed by atoms with E-state index in [4.69, 9.17) is 0 Å². The van der Waals surface area contributed by atoms with E-state index in [1.807, 2.05) is 63.2 Å². The third kappa shape index (κ3) is 9.14. The zero-order chi connectivity index (χ0) is 30.0. The first-order chi connectivity index (χ1) is 19.5. The summed E-state index contributed by atoms with van der Waals surface area (Å²) in [6, 6.07) is 21.3. The third-order valence-electron chi connectivity index (χ3n) is 6.93. The monoisotopic (exact) mass is 581 g/mol. The zero-order valence-electron chi connectivity index (χ0n) is 24.2. The number of halogens is 1. The number of unbranched alkanes of at least 4 members (excludes halogenated alkanes) is 1. The lowest BCUT2D eigenvalue weighted by Crippen LogP contribution is -2.53. The molecule has 3 aromatic carbocycles. The van der Waals surface area contributed by atoms with Gasteiger partial charge in [0.25, 0.3) is 0 Å². The number of nitrogens with one attached hydrogen (secondary N) is 1. The molecular formula is C32H40FN3O4S. The van der Waals surface area contributed by atoms with Crippen molar-refractivity contribution < 1.29 is 22.4 Å². The fraction of sp³-hybridized carbons (Fsp3) is 0.375. The van der Waals surface area contributed by atoms with Crippen LogP contribution in [0.25, 0.3) is 0 Å². The van der Waals surface area contributed by atoms with E-state index in [0.29, 0.717) is 12.2 Å². The topological polar surface area (TPSA) is 86.8 Å². The average Bonchev–Trinajstić information content (AvgIpc) is 2.94. The second kappa shape index (κ2) is 14.8. The number of amides is 2. The van der Waals surface area contributed by atoms with Crippen LogP contribution >= 0.6 is 0 Å². The number of carbonyl (C=O) groups is 2. The number of sulfonamides is 1. The van der Waals surface area contributed by atoms with Gasteiger partial charge in [-0.15, -0.1) is 0 Å². The van der Waals surface area contributed by atoms with Gasteiger partial charge in [-0.3, -0.25) is 13.9 Å². The maximum absolute atomic E-state index is 14.8. The van der Waals surface area contributed by atoms with E-state index in [2.05, 4.69) is 5.32 Å². The predicted octanol–water partition coefficient (Wildman–Crippen LogP) is 5.27. The molecule has 0 fully saturated rings. The fourth-order valence-corrected chi connectivity index (χ4v) is 5.36. The lowest BCUT2D eigenvalue weighted by Gasteiger charge is -2.33. The molecular weight excluding hydrogens is 541 g/mol. The molecule has 7 nitrogen and oxygen atoms in total. The first-order valence-electron chi connectivity index (χ1n) is 13.9. The van der Waals surface area contributed by atoms with Gasteiger partial charge < -0.3 is 10.2 Å². The van der Waals surface area contributed by atoms with Crippen LogP contribution in [0, 0.1) is 5.82 Å². The molecule has 3 rings (SSSR count). The average molecular weight is 582 g/mol. The van der Waals surface area contributed by atoms with Gasteiger partial charge in [0.1, 0.15) is 18.4 Å². The number of carbonyl (C=O) groups excluding carboxylic acids is 2. The Kier molecular flexibility index (Phi) is 11.5. The summed E-state index contributed by atoms with van der Waals surface area (Å²) >= 11 is 0. The summed E-state index contributed by atoms with van der Waals surface area (Å²) < 4.78 is 41.7. The van der Waals surface area contributed by atoms with Gasteiger partial charge in [0.15, 0.2) is 0 Å². The van der Waals surface area contributed by atoms with Crippen LogP contribution in [-0.4, -0.2) is 50.5 Å². The normalized spacial score (nSPS) is 12.1. The van der Waals surface area contributed by atoms with E-state index in [0.717, 1.165) is 34.5 Å². The molecule has 3 aromatic rings. The number of hydrogen-bond acceptors (Lipinski definition) is 4. The molecule has 41 heavy (non-hydrogen) atoms. The number of hydrogen-bond donors (Lipinski definition) is 1. The number of anilines is 1. The number of rotatable bonds is 14. The lowest BCUT2D eigenvalue weighted by molar-refractivity contribution is -0.140. The van der Waals surface area contributed by atoms with E-state index >= 15 is 0 Å². The van der Waals surface area contributed by atoms with Crippen LogP contribution in [0.2, 0.25) is 0 Å². The van der Waals surface area contributed by atoms with Gasteiger partial charge in [-0.25, -0.2) is 12.8 Å². The van der Waals surface area contributed by atoms with Crippen molar-refractivity contribution in [3.8, 4) is 0 Å². The highest BCUT2D eigenvalue weighted by Crippen LogP contribution is 2.23. The molecule has 1 N–H and O–H groups in total. The molecule has 0 saturated heterocycles. The van der Waals surface area contributed by atoms with Crippen molar-refractivity contribution in [2.75, 3.05) is 23.7 Å². The van der Waals surface area contributed by atoms with E-state index in [9.17, 15) is 22.4 Å². The number of nitrogens with zero attached hydrogens (tertiary/aromatic N) is 2. The highest BCUT2D eigenvalue weighted by atomic mass is 32.2. The van der Waals surface area contributed by atoms with E-state index < -0.39 is 34.3 Å². The smallest absolute Gasteiger partial charge is 0.244 e. The molecule has 2 amide bonds. The summed E-state index contributed by atoms with van der Waals surface area (Å²) in [5, 5.41) is 2.91. The summed E-state index contributed by atoms with van der Waals surface area (Å²) in [4.78, 5) is 28.9. The first kappa shape index (κ1) is 31.8. The van der Waals surface area contributed by atoms with Gasteiger partial charge in [0.05, 0.1) is 11.9 Å². The minimum atomic E-state index is -3.87. The summed E-state index contributed by atoms with van der Waals surface area (Å²) in [6.07, 6.45) is 2.86. The molecule has 1 atom stereocenters. The van der Waals surface area contributed by atoms with Crippen LogP contribution in [-0.2, 0) is 32.6 Å². The minimum absolute atomic E-state index is 0.181. The molecule has 0 heterocycles. The summed E-state index contributed by atoms with van der Waals surface area (Å²) in [7, 11) is -3.87. The van der Waals surface area contributed by atoms with E-state index in [1.165, 1.54) is 11.0 Å². The van der Waals surface area contributed by atoms with Crippen LogP contribution in [0.3, 0.4) is 0 Å². The Hall–Kier alpha value is -3.72. The Morgan fingerprint density at radius 1 is 0.927 bits per heavy atom. The highest BCUT2D eigenvalue weighted by Gasteiger charge is 2.33. The van der Waals surface area contributed by atoms with Crippen molar-refractivity contribution in [1.29, 1.82) is 0 Å². The molecule has 0 spiro atoms. The van der Waals surface area contributed by atoms with Gasteiger partial charge in [-0.05, 0) is 41.7 Å². The van der Waals surface area contributed by atoms with Gasteiger partial charge in [0.2, 0.25) is 21.8 Å². The molecule has 220 valence electrons. The SMILES string of the molecule is CCCCNC(=O)[C@@H](Cc1ccccc1)N(Cc1ccccc1F)C(=O)CN(c1ccc(C(C)C)cc1)S(C)(=O)=O. The molecule has 0 unspecified atom stereocenters. The molecule has 0 aliphatic rings. The Balaban J connectivity index is 2.03. The summed E-state index contributed by atoms with van der Waals surface area (Å²) in [5.41, 5.74) is 2.41. The van der Waals surface area contributed by atoms with Crippen molar-refractivity contribution in [3.05, 3.63) is 101 Å². The quantitative estimate of drug-likeness (QED) is 0.263. The van der Waals surface area contributed by atoms with Crippen molar-refractivity contribution in [2.24, 2.45) is 0 Å². The maximum atomic E-state index is 14.8. The molecule has 9 heteroatoms. The Morgan fingerprint density at radius 3 is 2.15 bits per heavy atom. The van der Waals surface area contributed by atoms with Crippen molar-refractivity contribution >= 4 is 27.5 Å². The van der Waals surface area contributed by atoms with Crippen molar-refractivity contribution in [2.45, 2.75) is 58.5 Å². The molecule has 0 aliphatic heterocycles. The van der Waals surface area contributed by atoms with Crippen molar-refractivity contribution in [3.63, 3.8) is 0 Å². The first-order valence-corrected chi connectivity index (χ1v) is 15.8. The second-order valence-corrected chi connectivity index (χ2v) is 12.4. The van der Waals surface area contributed by atoms with E-state index in [1.54, 1.807) is 30.3 Å². The Bertz CT molecular complexity index is 1400. The lowest BCUT2D eigenvalue weighted by atomic mass is 10.0. The van der Waals surface area contributed by atoms with Crippen LogP contribution in [0.1, 0.15) is 56.2 Å². The molecule has 0 radical (unpaired) electrons. The Morgan fingerprint density at radius 2 is 1.56 bits per heavy atom. The minimum Gasteiger partial charge on any atom is -0.354 e. The van der Waals surface area contributed by atoms with Crippen LogP contribution in [0.15, 0.2) is 78.9 Å². The number of benzene rings is 3. The highest BCUT2D eigenvalue weighted by molar-refractivity contribution is 7.92. The van der Waals surface area contributed by atoms with Gasteiger partial charge in [-0.2, -0.15) is 0 Å². The van der Waals surface area contributed by atoms with Crippen LogP contribution in [0.4, 0.5) is 10.1 Å². The van der Waals surface area contributed by atoms with Gasteiger partial charge in [-0.1, -0.05) is 87.9 Å². The van der Waals surface area contributed by atoms with Crippen molar-refractivity contribution in [1.82, 2.24) is 10.2 Å². The summed E-state index contributed by atoms with van der Waals surface area (Å²) in [6.45, 7) is 5.77.